The van der Waals surface area contributed by atoms with Crippen LogP contribution in [-0.2, 0) is 11.0 Å². The Kier molecular flexibility index (Phi) is 6.13. The predicted molar refractivity (Wildman–Crippen MR) is 121 cm³/mol. The van der Waals surface area contributed by atoms with Crippen molar-refractivity contribution in [2.75, 3.05) is 5.32 Å². The standard InChI is InChI=1S/C26H19F3N2O2/c1-17-8-13-24(33-17)22(18-9-11-20(12-10-18)26(27,28)29)5-3-7-25(32)31-23-6-2-4-19-16-30-15-14-21(19)23/h2-16H,1H3,(H,31,32)/b7-3+,22-5+. The van der Waals surface area contributed by atoms with E-state index < -0.39 is 11.7 Å². The fourth-order valence-corrected chi connectivity index (χ4v) is 3.38. The molecule has 33 heavy (non-hydrogen) atoms. The number of anilines is 1. The second kappa shape index (κ2) is 9.16. The average Bonchev–Trinajstić information content (AvgIpc) is 3.22. The van der Waals surface area contributed by atoms with Crippen molar-refractivity contribution < 1.29 is 22.4 Å². The van der Waals surface area contributed by atoms with Gasteiger partial charge >= 0.3 is 6.18 Å². The number of nitrogens with one attached hydrogen (secondary N) is 1. The van der Waals surface area contributed by atoms with E-state index >= 15 is 0 Å². The highest BCUT2D eigenvalue weighted by atomic mass is 19.4. The maximum atomic E-state index is 12.9. The van der Waals surface area contributed by atoms with Gasteiger partial charge in [-0.25, -0.2) is 0 Å². The molecule has 0 unspecified atom stereocenters. The van der Waals surface area contributed by atoms with Crippen molar-refractivity contribution in [2.24, 2.45) is 0 Å². The molecule has 4 rings (SSSR count). The number of allylic oxidation sites excluding steroid dienone is 2. The zero-order valence-corrected chi connectivity index (χ0v) is 17.6. The Morgan fingerprint density at radius 1 is 1.03 bits per heavy atom. The van der Waals surface area contributed by atoms with Gasteiger partial charge in [-0.15, -0.1) is 0 Å². The summed E-state index contributed by atoms with van der Waals surface area (Å²) in [5.74, 6) is 0.798. The highest BCUT2D eigenvalue weighted by Gasteiger charge is 2.30. The van der Waals surface area contributed by atoms with Crippen LogP contribution in [0.25, 0.3) is 16.3 Å². The number of benzene rings is 2. The molecule has 1 N–H and O–H groups in total. The van der Waals surface area contributed by atoms with E-state index in [4.69, 9.17) is 4.42 Å². The molecular formula is C26H19F3N2O2. The molecule has 0 radical (unpaired) electrons. The van der Waals surface area contributed by atoms with Gasteiger partial charge in [-0.05, 0) is 48.9 Å². The summed E-state index contributed by atoms with van der Waals surface area (Å²) in [6.07, 6.45) is 3.46. The first-order chi connectivity index (χ1) is 15.8. The van der Waals surface area contributed by atoms with Crippen LogP contribution in [0.5, 0.6) is 0 Å². The lowest BCUT2D eigenvalue weighted by Crippen LogP contribution is -2.08. The van der Waals surface area contributed by atoms with E-state index in [1.807, 2.05) is 18.2 Å². The molecule has 0 aliphatic heterocycles. The summed E-state index contributed by atoms with van der Waals surface area (Å²) >= 11 is 0. The van der Waals surface area contributed by atoms with Crippen molar-refractivity contribution in [1.29, 1.82) is 0 Å². The second-order valence-corrected chi connectivity index (χ2v) is 7.32. The molecule has 2 aromatic carbocycles. The number of nitrogens with zero attached hydrogens (tertiary/aromatic N) is 1. The quantitative estimate of drug-likeness (QED) is 0.270. The van der Waals surface area contributed by atoms with E-state index in [9.17, 15) is 18.0 Å². The Balaban J connectivity index is 1.59. The zero-order chi connectivity index (χ0) is 23.4. The molecule has 166 valence electrons. The monoisotopic (exact) mass is 448 g/mol. The average molecular weight is 448 g/mol. The number of pyridine rings is 1. The number of aromatic nitrogens is 1. The van der Waals surface area contributed by atoms with Gasteiger partial charge in [-0.1, -0.05) is 36.4 Å². The number of aryl methyl sites for hydroxylation is 1. The van der Waals surface area contributed by atoms with Crippen molar-refractivity contribution in [3.63, 3.8) is 0 Å². The molecule has 0 fully saturated rings. The number of hydrogen-bond acceptors (Lipinski definition) is 3. The van der Waals surface area contributed by atoms with Crippen LogP contribution in [0.15, 0.2) is 95.7 Å². The Morgan fingerprint density at radius 3 is 2.52 bits per heavy atom. The topological polar surface area (TPSA) is 55.1 Å². The van der Waals surface area contributed by atoms with Crippen LogP contribution in [0.2, 0.25) is 0 Å². The molecule has 7 heteroatoms. The molecule has 1 amide bonds. The van der Waals surface area contributed by atoms with Crippen LogP contribution in [0, 0.1) is 6.92 Å². The van der Waals surface area contributed by atoms with E-state index in [0.717, 1.165) is 22.9 Å². The highest BCUT2D eigenvalue weighted by molar-refractivity contribution is 6.06. The van der Waals surface area contributed by atoms with Crippen LogP contribution in [0.4, 0.5) is 18.9 Å². The van der Waals surface area contributed by atoms with E-state index in [1.165, 1.54) is 24.3 Å². The first-order valence-corrected chi connectivity index (χ1v) is 10.1. The lowest BCUT2D eigenvalue weighted by molar-refractivity contribution is -0.137. The normalized spacial score (nSPS) is 12.4. The number of halogens is 3. The van der Waals surface area contributed by atoms with Crippen LogP contribution < -0.4 is 5.32 Å². The molecular weight excluding hydrogens is 429 g/mol. The second-order valence-electron chi connectivity index (χ2n) is 7.32. The van der Waals surface area contributed by atoms with Gasteiger partial charge in [0.2, 0.25) is 5.91 Å². The molecule has 0 aliphatic carbocycles. The molecule has 2 heterocycles. The van der Waals surface area contributed by atoms with E-state index in [-0.39, 0.29) is 5.91 Å². The third kappa shape index (κ3) is 5.20. The lowest BCUT2D eigenvalue weighted by atomic mass is 10.0. The molecule has 0 saturated heterocycles. The molecule has 4 aromatic rings. The molecule has 0 bridgehead atoms. The van der Waals surface area contributed by atoms with Gasteiger partial charge < -0.3 is 9.73 Å². The first-order valence-electron chi connectivity index (χ1n) is 10.1. The largest absolute Gasteiger partial charge is 0.461 e. The number of carbonyl (C=O) groups excluding carboxylic acids is 1. The van der Waals surface area contributed by atoms with Crippen molar-refractivity contribution in [3.8, 4) is 0 Å². The predicted octanol–water partition coefficient (Wildman–Crippen LogP) is 6.78. The van der Waals surface area contributed by atoms with Crippen molar-refractivity contribution in [3.05, 3.63) is 114 Å². The third-order valence-corrected chi connectivity index (χ3v) is 4.98. The number of carbonyl (C=O) groups is 1. The number of furan rings is 1. The summed E-state index contributed by atoms with van der Waals surface area (Å²) in [4.78, 5) is 16.6. The summed E-state index contributed by atoms with van der Waals surface area (Å²) in [6.45, 7) is 1.77. The van der Waals surface area contributed by atoms with E-state index in [1.54, 1.807) is 43.6 Å². The SMILES string of the molecule is Cc1ccc(/C(=C/C=C/C(=O)Nc2cccc3cnccc23)c2ccc(C(F)(F)F)cc2)o1. The molecule has 0 atom stereocenters. The number of rotatable bonds is 5. The van der Waals surface area contributed by atoms with Gasteiger partial charge in [0.05, 0.1) is 5.56 Å². The molecule has 0 spiro atoms. The minimum atomic E-state index is -4.42. The number of amides is 1. The number of fused-ring (bicyclic) bond motifs is 1. The maximum absolute atomic E-state index is 12.9. The van der Waals surface area contributed by atoms with Gasteiger partial charge in [0, 0.05) is 40.5 Å². The lowest BCUT2D eigenvalue weighted by Gasteiger charge is -2.09. The Bertz CT molecular complexity index is 1340. The fraction of sp³-hybridized carbons (Fsp3) is 0.0769. The van der Waals surface area contributed by atoms with E-state index in [2.05, 4.69) is 10.3 Å². The van der Waals surface area contributed by atoms with Crippen molar-refractivity contribution in [1.82, 2.24) is 4.98 Å². The van der Waals surface area contributed by atoms with Crippen molar-refractivity contribution >= 4 is 27.9 Å². The zero-order valence-electron chi connectivity index (χ0n) is 17.6. The van der Waals surface area contributed by atoms with Crippen LogP contribution in [-0.4, -0.2) is 10.9 Å². The number of hydrogen-bond donors (Lipinski definition) is 1. The molecule has 2 aromatic heterocycles. The third-order valence-electron chi connectivity index (χ3n) is 4.98. The van der Waals surface area contributed by atoms with E-state index in [0.29, 0.717) is 28.3 Å². The Morgan fingerprint density at radius 2 is 1.82 bits per heavy atom. The smallest absolute Gasteiger partial charge is 0.416 e. The molecule has 0 aliphatic rings. The van der Waals surface area contributed by atoms with Crippen LogP contribution in [0.3, 0.4) is 0 Å². The fourth-order valence-electron chi connectivity index (χ4n) is 3.38. The molecule has 0 saturated carbocycles. The molecule has 4 nitrogen and oxygen atoms in total. The van der Waals surface area contributed by atoms with Gasteiger partial charge in [-0.3, -0.25) is 9.78 Å². The van der Waals surface area contributed by atoms with Crippen molar-refractivity contribution in [2.45, 2.75) is 13.1 Å². The van der Waals surface area contributed by atoms with Crippen LogP contribution >= 0.6 is 0 Å². The Labute approximate surface area is 188 Å². The summed E-state index contributed by atoms with van der Waals surface area (Å²) in [6, 6.07) is 15.6. The first kappa shape index (κ1) is 22.1. The summed E-state index contributed by atoms with van der Waals surface area (Å²) < 4.78 is 44.4. The Hall–Kier alpha value is -4.13. The van der Waals surface area contributed by atoms with Gasteiger partial charge in [0.25, 0.3) is 0 Å². The van der Waals surface area contributed by atoms with Gasteiger partial charge in [0.1, 0.15) is 11.5 Å². The highest BCUT2D eigenvalue weighted by Crippen LogP contribution is 2.32. The van der Waals surface area contributed by atoms with Crippen LogP contribution in [0.1, 0.15) is 22.6 Å². The maximum Gasteiger partial charge on any atom is 0.416 e. The minimum absolute atomic E-state index is 0.349. The number of alkyl halides is 3. The van der Waals surface area contributed by atoms with Gasteiger partial charge in [0.15, 0.2) is 0 Å². The minimum Gasteiger partial charge on any atom is -0.461 e. The summed E-state index contributed by atoms with van der Waals surface area (Å²) in [7, 11) is 0. The van der Waals surface area contributed by atoms with Gasteiger partial charge in [-0.2, -0.15) is 13.2 Å². The summed E-state index contributed by atoms with van der Waals surface area (Å²) in [5, 5.41) is 4.60. The summed E-state index contributed by atoms with van der Waals surface area (Å²) in [5.41, 5.74) is 1.00.